The van der Waals surface area contributed by atoms with E-state index in [2.05, 4.69) is 9.97 Å². The Balaban J connectivity index is 1.81. The molecule has 0 spiro atoms. The Morgan fingerprint density at radius 1 is 1.29 bits per heavy atom. The minimum atomic E-state index is -0.190. The number of aromatic amines is 1. The minimum Gasteiger partial charge on any atom is -0.493 e. The van der Waals surface area contributed by atoms with Crippen LogP contribution in [0, 0.1) is 6.92 Å². The lowest BCUT2D eigenvalue weighted by Crippen LogP contribution is -2.34. The second-order valence-corrected chi connectivity index (χ2v) is 6.98. The van der Waals surface area contributed by atoms with Crippen molar-refractivity contribution in [2.24, 2.45) is 0 Å². The van der Waals surface area contributed by atoms with E-state index in [-0.39, 0.29) is 23.9 Å². The topological polar surface area (TPSA) is 84.5 Å². The lowest BCUT2D eigenvalue weighted by Gasteiger charge is -2.24. The average molecular weight is 385 g/mol. The van der Waals surface area contributed by atoms with E-state index >= 15 is 0 Å². The largest absolute Gasteiger partial charge is 0.493 e. The summed E-state index contributed by atoms with van der Waals surface area (Å²) in [4.78, 5) is 34.6. The molecule has 0 unspecified atom stereocenters. The summed E-state index contributed by atoms with van der Waals surface area (Å²) in [6.45, 7) is 4.45. The first-order valence-corrected chi connectivity index (χ1v) is 9.58. The molecule has 1 N–H and O–H groups in total. The number of hydrogen-bond acceptors (Lipinski definition) is 5. The number of carbonyl (C=O) groups excluding carboxylic acids is 1. The molecule has 1 amide bonds. The van der Waals surface area contributed by atoms with Crippen LogP contribution >= 0.6 is 0 Å². The molecular weight excluding hydrogens is 358 g/mol. The molecule has 1 atom stereocenters. The summed E-state index contributed by atoms with van der Waals surface area (Å²) in [5.74, 6) is 1.82. The SMILES string of the molecule is CCc1c(C)nc([C@@H]2CCCN2C(=O)Cc2ccc(OC)c(OC)c2)[nH]c1=O. The van der Waals surface area contributed by atoms with Crippen molar-refractivity contribution >= 4 is 5.91 Å². The molecule has 1 aliphatic heterocycles. The Labute approximate surface area is 164 Å². The Morgan fingerprint density at radius 3 is 2.68 bits per heavy atom. The lowest BCUT2D eigenvalue weighted by atomic mass is 10.1. The van der Waals surface area contributed by atoms with Crippen LogP contribution < -0.4 is 15.0 Å². The summed E-state index contributed by atoms with van der Waals surface area (Å²) < 4.78 is 10.6. The fourth-order valence-electron chi connectivity index (χ4n) is 3.82. The van der Waals surface area contributed by atoms with Gasteiger partial charge in [-0.1, -0.05) is 13.0 Å². The van der Waals surface area contributed by atoms with Gasteiger partial charge in [0, 0.05) is 17.8 Å². The molecule has 2 aromatic rings. The maximum atomic E-state index is 13.0. The maximum absolute atomic E-state index is 13.0. The Kier molecular flexibility index (Phi) is 6.02. The number of nitrogens with zero attached hydrogens (tertiary/aromatic N) is 2. The van der Waals surface area contributed by atoms with Crippen molar-refractivity contribution in [3.8, 4) is 11.5 Å². The molecule has 2 heterocycles. The van der Waals surface area contributed by atoms with Crippen LogP contribution in [0.1, 0.15) is 48.5 Å². The van der Waals surface area contributed by atoms with E-state index < -0.39 is 0 Å². The molecular formula is C21H27N3O4. The standard InChI is InChI=1S/C21H27N3O4/c1-5-15-13(2)22-20(23-21(15)26)16-7-6-10-24(16)19(25)12-14-8-9-17(27-3)18(11-14)28-4/h8-9,11,16H,5-7,10,12H2,1-4H3,(H,22,23,26)/t16-/m0/s1. The highest BCUT2D eigenvalue weighted by molar-refractivity contribution is 5.79. The molecule has 7 nitrogen and oxygen atoms in total. The van der Waals surface area contributed by atoms with Gasteiger partial charge in [0.25, 0.3) is 5.56 Å². The smallest absolute Gasteiger partial charge is 0.254 e. The highest BCUT2D eigenvalue weighted by Crippen LogP contribution is 2.32. The molecule has 0 aliphatic carbocycles. The van der Waals surface area contributed by atoms with Crippen LogP contribution in [0.3, 0.4) is 0 Å². The van der Waals surface area contributed by atoms with E-state index in [0.29, 0.717) is 35.9 Å². The monoisotopic (exact) mass is 385 g/mol. The van der Waals surface area contributed by atoms with E-state index in [9.17, 15) is 9.59 Å². The van der Waals surface area contributed by atoms with Crippen molar-refractivity contribution in [3.63, 3.8) is 0 Å². The van der Waals surface area contributed by atoms with Crippen LogP contribution in [0.4, 0.5) is 0 Å². The quantitative estimate of drug-likeness (QED) is 0.826. The van der Waals surface area contributed by atoms with E-state index in [1.54, 1.807) is 20.3 Å². The minimum absolute atomic E-state index is 0.00888. The zero-order valence-electron chi connectivity index (χ0n) is 16.9. The number of aromatic nitrogens is 2. The van der Waals surface area contributed by atoms with Gasteiger partial charge < -0.3 is 19.4 Å². The number of methoxy groups -OCH3 is 2. The van der Waals surface area contributed by atoms with E-state index in [1.165, 1.54) is 0 Å². The summed E-state index contributed by atoms with van der Waals surface area (Å²) in [5, 5.41) is 0. The third kappa shape index (κ3) is 3.88. The van der Waals surface area contributed by atoms with Gasteiger partial charge in [-0.25, -0.2) is 4.98 Å². The summed E-state index contributed by atoms with van der Waals surface area (Å²) in [7, 11) is 3.15. The van der Waals surface area contributed by atoms with Crippen LogP contribution in [0.5, 0.6) is 11.5 Å². The number of benzene rings is 1. The highest BCUT2D eigenvalue weighted by Gasteiger charge is 2.32. The first-order chi connectivity index (χ1) is 13.5. The van der Waals surface area contributed by atoms with Crippen molar-refractivity contribution in [3.05, 3.63) is 51.2 Å². The highest BCUT2D eigenvalue weighted by atomic mass is 16.5. The number of rotatable bonds is 6. The van der Waals surface area contributed by atoms with Gasteiger partial charge in [0.15, 0.2) is 11.5 Å². The average Bonchev–Trinajstić information content (AvgIpc) is 3.17. The molecule has 150 valence electrons. The second kappa shape index (κ2) is 8.46. The first kappa shape index (κ1) is 19.9. The fraction of sp³-hybridized carbons (Fsp3) is 0.476. The zero-order chi connectivity index (χ0) is 20.3. The van der Waals surface area contributed by atoms with Gasteiger partial charge in [0.05, 0.1) is 26.7 Å². The zero-order valence-corrected chi connectivity index (χ0v) is 16.9. The van der Waals surface area contributed by atoms with Crippen LogP contribution in [0.15, 0.2) is 23.0 Å². The molecule has 1 aromatic carbocycles. The molecule has 1 aromatic heterocycles. The van der Waals surface area contributed by atoms with Crippen molar-refractivity contribution in [1.82, 2.24) is 14.9 Å². The van der Waals surface area contributed by atoms with Crippen LogP contribution in [-0.2, 0) is 17.6 Å². The van der Waals surface area contributed by atoms with Gasteiger partial charge in [-0.15, -0.1) is 0 Å². The van der Waals surface area contributed by atoms with Gasteiger partial charge in [-0.3, -0.25) is 9.59 Å². The summed E-state index contributed by atoms with van der Waals surface area (Å²) in [6, 6.07) is 5.30. The van der Waals surface area contributed by atoms with Crippen LogP contribution in [0.2, 0.25) is 0 Å². The molecule has 1 saturated heterocycles. The van der Waals surface area contributed by atoms with E-state index in [1.807, 2.05) is 30.9 Å². The molecule has 0 saturated carbocycles. The maximum Gasteiger partial charge on any atom is 0.254 e. The van der Waals surface area contributed by atoms with Gasteiger partial charge in [-0.05, 0) is 43.9 Å². The Bertz CT molecular complexity index is 922. The van der Waals surface area contributed by atoms with Gasteiger partial charge in [-0.2, -0.15) is 0 Å². The third-order valence-corrected chi connectivity index (χ3v) is 5.29. The molecule has 7 heteroatoms. The Morgan fingerprint density at radius 2 is 2.04 bits per heavy atom. The van der Waals surface area contributed by atoms with Crippen molar-refractivity contribution < 1.29 is 14.3 Å². The molecule has 3 rings (SSSR count). The van der Waals surface area contributed by atoms with E-state index in [0.717, 1.165) is 24.1 Å². The van der Waals surface area contributed by atoms with Crippen molar-refractivity contribution in [1.29, 1.82) is 0 Å². The number of nitrogens with one attached hydrogen (secondary N) is 1. The van der Waals surface area contributed by atoms with Gasteiger partial charge in [0.1, 0.15) is 5.82 Å². The molecule has 1 fully saturated rings. The molecule has 0 bridgehead atoms. The predicted molar refractivity (Wildman–Crippen MR) is 106 cm³/mol. The summed E-state index contributed by atoms with van der Waals surface area (Å²) in [6.07, 6.45) is 2.58. The lowest BCUT2D eigenvalue weighted by molar-refractivity contribution is -0.131. The van der Waals surface area contributed by atoms with Gasteiger partial charge >= 0.3 is 0 Å². The second-order valence-electron chi connectivity index (χ2n) is 6.98. The number of aryl methyl sites for hydroxylation is 1. The number of likely N-dealkylation sites (tertiary alicyclic amines) is 1. The van der Waals surface area contributed by atoms with Gasteiger partial charge in [0.2, 0.25) is 5.91 Å². The number of ether oxygens (including phenoxy) is 2. The normalized spacial score (nSPS) is 16.3. The van der Waals surface area contributed by atoms with Crippen molar-refractivity contribution in [2.75, 3.05) is 20.8 Å². The number of carbonyl (C=O) groups is 1. The Hall–Kier alpha value is -2.83. The van der Waals surface area contributed by atoms with Crippen LogP contribution in [0.25, 0.3) is 0 Å². The third-order valence-electron chi connectivity index (χ3n) is 5.29. The first-order valence-electron chi connectivity index (χ1n) is 9.58. The number of hydrogen-bond donors (Lipinski definition) is 1. The summed E-state index contributed by atoms with van der Waals surface area (Å²) >= 11 is 0. The predicted octanol–water partition coefficient (Wildman–Crippen LogP) is 2.56. The molecule has 28 heavy (non-hydrogen) atoms. The van der Waals surface area contributed by atoms with Crippen molar-refractivity contribution in [2.45, 2.75) is 45.6 Å². The molecule has 1 aliphatic rings. The fourth-order valence-corrected chi connectivity index (χ4v) is 3.82. The number of amides is 1. The van der Waals surface area contributed by atoms with E-state index in [4.69, 9.17) is 9.47 Å². The summed E-state index contributed by atoms with van der Waals surface area (Å²) in [5.41, 5.74) is 2.18. The number of H-pyrrole nitrogens is 1. The van der Waals surface area contributed by atoms with Crippen LogP contribution in [-0.4, -0.2) is 41.5 Å². The molecule has 0 radical (unpaired) electrons.